The molecule has 0 saturated heterocycles. The highest BCUT2D eigenvalue weighted by molar-refractivity contribution is 7.17. The Morgan fingerprint density at radius 1 is 1.28 bits per heavy atom. The number of hydrogen-bond acceptors (Lipinski definition) is 3. The summed E-state index contributed by atoms with van der Waals surface area (Å²) in [4.78, 5) is 2.34. The minimum absolute atomic E-state index is 0.523. The van der Waals surface area contributed by atoms with Crippen LogP contribution >= 0.6 is 11.3 Å². The molecule has 0 aliphatic rings. The molecule has 3 heteroatoms. The normalized spacial score (nSPS) is 13.3. The Kier molecular flexibility index (Phi) is 4.75. The van der Waals surface area contributed by atoms with Gasteiger partial charge < -0.3 is 10.2 Å². The van der Waals surface area contributed by atoms with Gasteiger partial charge in [-0.1, -0.05) is 18.2 Å². The smallest absolute Gasteiger partial charge is 0.0356 e. The van der Waals surface area contributed by atoms with Crippen molar-refractivity contribution in [3.05, 3.63) is 35.2 Å². The van der Waals surface area contributed by atoms with Gasteiger partial charge in [0.1, 0.15) is 0 Å². The molecule has 0 amide bonds. The zero-order chi connectivity index (χ0) is 13.0. The summed E-state index contributed by atoms with van der Waals surface area (Å²) in [6.07, 6.45) is 2.41. The summed E-state index contributed by atoms with van der Waals surface area (Å²) in [5.41, 5.74) is 1.48. The van der Waals surface area contributed by atoms with Crippen LogP contribution in [0.15, 0.2) is 29.6 Å². The van der Waals surface area contributed by atoms with Crippen LogP contribution < -0.4 is 5.32 Å². The molecule has 1 heterocycles. The molecular weight excluding hydrogens is 240 g/mol. The third-order valence-corrected chi connectivity index (χ3v) is 4.38. The van der Waals surface area contributed by atoms with Gasteiger partial charge in [0.25, 0.3) is 0 Å². The highest BCUT2D eigenvalue weighted by Crippen LogP contribution is 2.34. The number of hydrogen-bond donors (Lipinski definition) is 1. The van der Waals surface area contributed by atoms with E-state index in [1.807, 2.05) is 18.4 Å². The molecule has 0 saturated carbocycles. The lowest BCUT2D eigenvalue weighted by atomic mass is 10.0. The van der Waals surface area contributed by atoms with Gasteiger partial charge in [-0.05, 0) is 62.9 Å². The topological polar surface area (TPSA) is 15.3 Å². The van der Waals surface area contributed by atoms with E-state index in [1.165, 1.54) is 28.5 Å². The Labute approximate surface area is 114 Å². The predicted octanol–water partition coefficient (Wildman–Crippen LogP) is 3.50. The number of rotatable bonds is 6. The Hall–Kier alpha value is -0.900. The van der Waals surface area contributed by atoms with E-state index in [0.717, 1.165) is 6.54 Å². The van der Waals surface area contributed by atoms with Crippen LogP contribution in [0, 0.1) is 0 Å². The molecule has 18 heavy (non-hydrogen) atoms. The van der Waals surface area contributed by atoms with Crippen LogP contribution in [-0.4, -0.2) is 32.6 Å². The molecule has 0 aliphatic carbocycles. The van der Waals surface area contributed by atoms with Crippen molar-refractivity contribution in [3.63, 3.8) is 0 Å². The van der Waals surface area contributed by atoms with Crippen molar-refractivity contribution in [1.82, 2.24) is 10.2 Å². The zero-order valence-electron chi connectivity index (χ0n) is 11.4. The fourth-order valence-corrected chi connectivity index (χ4v) is 3.43. The van der Waals surface area contributed by atoms with Gasteiger partial charge in [-0.3, -0.25) is 0 Å². The predicted molar refractivity (Wildman–Crippen MR) is 81.4 cm³/mol. The molecule has 0 radical (unpaired) electrons. The number of fused-ring (bicyclic) bond motifs is 1. The van der Waals surface area contributed by atoms with Crippen LogP contribution in [0.3, 0.4) is 0 Å². The molecule has 0 aliphatic heterocycles. The lowest BCUT2D eigenvalue weighted by Gasteiger charge is -2.24. The molecule has 0 spiro atoms. The molecule has 0 bridgehead atoms. The molecule has 1 atom stereocenters. The van der Waals surface area contributed by atoms with Crippen molar-refractivity contribution in [2.24, 2.45) is 0 Å². The Morgan fingerprint density at radius 2 is 2.06 bits per heavy atom. The summed E-state index contributed by atoms with van der Waals surface area (Å²) in [5, 5.41) is 6.98. The summed E-state index contributed by atoms with van der Waals surface area (Å²) in [7, 11) is 6.37. The standard InChI is InChI=1S/C15H22N2S/c1-16-10-6-8-14(17(2)3)13-11-18-15-9-5-4-7-12(13)15/h4-5,7,9,11,14,16H,6,8,10H2,1-3H3. The minimum Gasteiger partial charge on any atom is -0.320 e. The van der Waals surface area contributed by atoms with Crippen molar-refractivity contribution in [2.45, 2.75) is 18.9 Å². The highest BCUT2D eigenvalue weighted by atomic mass is 32.1. The molecule has 2 rings (SSSR count). The van der Waals surface area contributed by atoms with Crippen molar-refractivity contribution in [1.29, 1.82) is 0 Å². The maximum atomic E-state index is 3.23. The Balaban J connectivity index is 2.24. The van der Waals surface area contributed by atoms with E-state index in [1.54, 1.807) is 0 Å². The van der Waals surface area contributed by atoms with E-state index in [9.17, 15) is 0 Å². The first-order chi connectivity index (χ1) is 8.74. The van der Waals surface area contributed by atoms with Crippen LogP contribution in [0.25, 0.3) is 10.1 Å². The fourth-order valence-electron chi connectivity index (χ4n) is 2.42. The van der Waals surface area contributed by atoms with E-state index in [4.69, 9.17) is 0 Å². The van der Waals surface area contributed by atoms with Gasteiger partial charge in [-0.15, -0.1) is 11.3 Å². The molecule has 98 valence electrons. The SMILES string of the molecule is CNCCCC(c1csc2ccccc12)N(C)C. The average molecular weight is 262 g/mol. The van der Waals surface area contributed by atoms with Gasteiger partial charge in [0.15, 0.2) is 0 Å². The lowest BCUT2D eigenvalue weighted by molar-refractivity contribution is 0.281. The van der Waals surface area contributed by atoms with E-state index >= 15 is 0 Å². The number of nitrogens with zero attached hydrogens (tertiary/aromatic N) is 1. The van der Waals surface area contributed by atoms with E-state index in [2.05, 4.69) is 54.0 Å². The second-order valence-corrected chi connectivity index (χ2v) is 5.82. The lowest BCUT2D eigenvalue weighted by Crippen LogP contribution is -2.21. The van der Waals surface area contributed by atoms with Gasteiger partial charge >= 0.3 is 0 Å². The molecular formula is C15H22N2S. The van der Waals surface area contributed by atoms with E-state index < -0.39 is 0 Å². The zero-order valence-corrected chi connectivity index (χ0v) is 12.3. The monoisotopic (exact) mass is 262 g/mol. The molecule has 1 unspecified atom stereocenters. The summed E-state index contributed by atoms with van der Waals surface area (Å²) in [6, 6.07) is 9.24. The molecule has 1 N–H and O–H groups in total. The van der Waals surface area contributed by atoms with Gasteiger partial charge in [-0.2, -0.15) is 0 Å². The van der Waals surface area contributed by atoms with Crippen molar-refractivity contribution >= 4 is 21.4 Å². The maximum absolute atomic E-state index is 3.23. The highest BCUT2D eigenvalue weighted by Gasteiger charge is 2.17. The van der Waals surface area contributed by atoms with Crippen LogP contribution in [-0.2, 0) is 0 Å². The van der Waals surface area contributed by atoms with Crippen molar-refractivity contribution in [2.75, 3.05) is 27.7 Å². The summed E-state index contributed by atoms with van der Waals surface area (Å²) < 4.78 is 1.40. The van der Waals surface area contributed by atoms with Crippen LogP contribution in [0.4, 0.5) is 0 Å². The third-order valence-electron chi connectivity index (χ3n) is 3.40. The average Bonchev–Trinajstić information content (AvgIpc) is 2.78. The largest absolute Gasteiger partial charge is 0.320 e. The number of benzene rings is 1. The van der Waals surface area contributed by atoms with Gasteiger partial charge in [0.05, 0.1) is 0 Å². The maximum Gasteiger partial charge on any atom is 0.0356 e. The summed E-state index contributed by atoms with van der Waals surface area (Å²) in [5.74, 6) is 0. The van der Waals surface area contributed by atoms with Crippen molar-refractivity contribution in [3.8, 4) is 0 Å². The second-order valence-electron chi connectivity index (χ2n) is 4.91. The molecule has 2 aromatic rings. The van der Waals surface area contributed by atoms with Gasteiger partial charge in [0, 0.05) is 10.7 Å². The van der Waals surface area contributed by atoms with Crippen LogP contribution in [0.5, 0.6) is 0 Å². The quantitative estimate of drug-likeness (QED) is 0.802. The number of nitrogens with one attached hydrogen (secondary N) is 1. The number of thiophene rings is 1. The molecule has 0 fully saturated rings. The summed E-state index contributed by atoms with van der Waals surface area (Å²) >= 11 is 1.86. The minimum atomic E-state index is 0.523. The van der Waals surface area contributed by atoms with Crippen LogP contribution in [0.2, 0.25) is 0 Å². The molecule has 1 aromatic heterocycles. The van der Waals surface area contributed by atoms with Crippen molar-refractivity contribution < 1.29 is 0 Å². The van der Waals surface area contributed by atoms with E-state index in [-0.39, 0.29) is 0 Å². The third kappa shape index (κ3) is 2.91. The Bertz CT molecular complexity index is 490. The fraction of sp³-hybridized carbons (Fsp3) is 0.467. The molecule has 1 aromatic carbocycles. The van der Waals surface area contributed by atoms with Gasteiger partial charge in [-0.25, -0.2) is 0 Å². The first-order valence-corrected chi connectivity index (χ1v) is 7.39. The second kappa shape index (κ2) is 6.32. The first-order valence-electron chi connectivity index (χ1n) is 6.51. The van der Waals surface area contributed by atoms with Crippen LogP contribution in [0.1, 0.15) is 24.4 Å². The van der Waals surface area contributed by atoms with Gasteiger partial charge in [0.2, 0.25) is 0 Å². The first kappa shape index (κ1) is 13.5. The summed E-state index contributed by atoms with van der Waals surface area (Å²) in [6.45, 7) is 1.09. The Morgan fingerprint density at radius 3 is 2.78 bits per heavy atom. The van der Waals surface area contributed by atoms with E-state index in [0.29, 0.717) is 6.04 Å². The molecule has 2 nitrogen and oxygen atoms in total.